The van der Waals surface area contributed by atoms with E-state index in [1.165, 1.54) is 6.42 Å². The van der Waals surface area contributed by atoms with E-state index in [1.54, 1.807) is 0 Å². The van der Waals surface area contributed by atoms with E-state index in [0.29, 0.717) is 5.92 Å². The lowest BCUT2D eigenvalue weighted by Crippen LogP contribution is -2.52. The number of rotatable bonds is 6. The van der Waals surface area contributed by atoms with Crippen molar-refractivity contribution in [1.82, 2.24) is 10.6 Å². The van der Waals surface area contributed by atoms with E-state index in [2.05, 4.69) is 17.6 Å². The molecule has 0 radical (unpaired) electrons. The topological polar surface area (TPSA) is 78.4 Å². The molecule has 2 amide bonds. The molecule has 3 N–H and O–H groups in total. The van der Waals surface area contributed by atoms with Gasteiger partial charge in [0.15, 0.2) is 0 Å². The van der Waals surface area contributed by atoms with E-state index >= 15 is 0 Å². The molecule has 1 aliphatic rings. The number of carboxylic acid groups (broad SMARTS) is 1. The van der Waals surface area contributed by atoms with Crippen molar-refractivity contribution >= 4 is 12.0 Å². The highest BCUT2D eigenvalue weighted by Crippen LogP contribution is 2.26. The summed E-state index contributed by atoms with van der Waals surface area (Å²) in [6, 6.07) is -0.981. The van der Waals surface area contributed by atoms with Crippen LogP contribution in [-0.4, -0.2) is 29.2 Å². The average molecular weight is 284 g/mol. The van der Waals surface area contributed by atoms with Crippen LogP contribution in [0.15, 0.2) is 0 Å². The molecular formula is C15H28N2O3. The molecule has 116 valence electrons. The van der Waals surface area contributed by atoms with Crippen LogP contribution in [0.3, 0.4) is 0 Å². The molecule has 1 fully saturated rings. The molecule has 0 heterocycles. The first-order valence-electron chi connectivity index (χ1n) is 7.77. The van der Waals surface area contributed by atoms with E-state index in [0.717, 1.165) is 32.1 Å². The van der Waals surface area contributed by atoms with E-state index < -0.39 is 12.0 Å². The molecule has 20 heavy (non-hydrogen) atoms. The molecule has 1 rings (SSSR count). The number of amides is 2. The molecule has 0 aromatic rings. The van der Waals surface area contributed by atoms with Gasteiger partial charge >= 0.3 is 12.0 Å². The molecule has 5 nitrogen and oxygen atoms in total. The smallest absolute Gasteiger partial charge is 0.326 e. The largest absolute Gasteiger partial charge is 0.480 e. The van der Waals surface area contributed by atoms with Crippen molar-refractivity contribution < 1.29 is 14.7 Å². The van der Waals surface area contributed by atoms with Gasteiger partial charge < -0.3 is 15.7 Å². The maximum Gasteiger partial charge on any atom is 0.326 e. The zero-order valence-electron chi connectivity index (χ0n) is 12.8. The predicted octanol–water partition coefficient (Wildman–Crippen LogP) is 2.75. The molecule has 1 saturated carbocycles. The third-order valence-corrected chi connectivity index (χ3v) is 4.46. The van der Waals surface area contributed by atoms with E-state index in [-0.39, 0.29) is 18.0 Å². The van der Waals surface area contributed by atoms with Gasteiger partial charge in [0, 0.05) is 6.04 Å². The first-order chi connectivity index (χ1) is 9.47. The summed E-state index contributed by atoms with van der Waals surface area (Å²) >= 11 is 0. The van der Waals surface area contributed by atoms with Gasteiger partial charge in [0.1, 0.15) is 6.04 Å². The zero-order chi connectivity index (χ0) is 15.1. The minimum atomic E-state index is -0.968. The number of hydrogen-bond acceptors (Lipinski definition) is 2. The fourth-order valence-corrected chi connectivity index (χ4v) is 2.84. The lowest BCUT2D eigenvalue weighted by molar-refractivity contribution is -0.140. The lowest BCUT2D eigenvalue weighted by Gasteiger charge is -2.30. The van der Waals surface area contributed by atoms with Crippen molar-refractivity contribution in [3.8, 4) is 0 Å². The first kappa shape index (κ1) is 16.8. The molecule has 1 aliphatic carbocycles. The van der Waals surface area contributed by atoms with Crippen LogP contribution in [-0.2, 0) is 4.79 Å². The number of carboxylic acids is 1. The maximum absolute atomic E-state index is 12.0. The number of urea groups is 1. The Hall–Kier alpha value is -1.26. The summed E-state index contributed by atoms with van der Waals surface area (Å²) in [6.07, 6.45) is 6.23. The van der Waals surface area contributed by atoms with Crippen LogP contribution in [0.1, 0.15) is 59.3 Å². The second-order valence-corrected chi connectivity index (χ2v) is 5.96. The normalized spacial score (nSPS) is 25.6. The van der Waals surface area contributed by atoms with E-state index in [1.807, 2.05) is 13.8 Å². The van der Waals surface area contributed by atoms with Crippen molar-refractivity contribution in [3.63, 3.8) is 0 Å². The SMILES string of the molecule is CCC1CCCC(NC(=O)NC(C(=O)O)C(C)CC)C1. The molecule has 0 aromatic heterocycles. The van der Waals surface area contributed by atoms with Crippen LogP contribution in [0.25, 0.3) is 0 Å². The van der Waals surface area contributed by atoms with Gasteiger partial charge in [-0.25, -0.2) is 9.59 Å². The molecule has 0 saturated heterocycles. The number of hydrogen-bond donors (Lipinski definition) is 3. The van der Waals surface area contributed by atoms with Crippen LogP contribution in [0.4, 0.5) is 4.79 Å². The highest BCUT2D eigenvalue weighted by Gasteiger charge is 2.27. The van der Waals surface area contributed by atoms with Gasteiger partial charge in [0.05, 0.1) is 0 Å². The van der Waals surface area contributed by atoms with Crippen LogP contribution < -0.4 is 10.6 Å². The van der Waals surface area contributed by atoms with E-state index in [9.17, 15) is 9.59 Å². The third kappa shape index (κ3) is 5.02. The monoisotopic (exact) mass is 284 g/mol. The summed E-state index contributed by atoms with van der Waals surface area (Å²) in [7, 11) is 0. The van der Waals surface area contributed by atoms with Crippen molar-refractivity contribution in [2.45, 2.75) is 71.4 Å². The lowest BCUT2D eigenvalue weighted by atomic mass is 9.84. The van der Waals surface area contributed by atoms with Crippen LogP contribution in [0, 0.1) is 11.8 Å². The van der Waals surface area contributed by atoms with Crippen LogP contribution >= 0.6 is 0 Å². The standard InChI is InChI=1S/C15H28N2O3/c1-4-10(3)13(14(18)19)17-15(20)16-12-8-6-7-11(5-2)9-12/h10-13H,4-9H2,1-3H3,(H,18,19)(H2,16,17,20). The molecule has 4 atom stereocenters. The van der Waals surface area contributed by atoms with Gasteiger partial charge in [0.2, 0.25) is 0 Å². The number of carbonyl (C=O) groups excluding carboxylic acids is 1. The minimum absolute atomic E-state index is 0.0759. The van der Waals surface area contributed by atoms with Crippen molar-refractivity contribution in [2.75, 3.05) is 0 Å². The number of nitrogens with one attached hydrogen (secondary N) is 2. The van der Waals surface area contributed by atoms with Gasteiger partial charge in [-0.15, -0.1) is 0 Å². The fourth-order valence-electron chi connectivity index (χ4n) is 2.84. The molecular weight excluding hydrogens is 256 g/mol. The first-order valence-corrected chi connectivity index (χ1v) is 7.77. The third-order valence-electron chi connectivity index (χ3n) is 4.46. The Bertz CT molecular complexity index is 333. The summed E-state index contributed by atoms with van der Waals surface area (Å²) in [6.45, 7) is 5.94. The molecule has 0 aliphatic heterocycles. The summed E-state index contributed by atoms with van der Waals surface area (Å²) in [4.78, 5) is 23.1. The number of aliphatic carboxylic acids is 1. The predicted molar refractivity (Wildman–Crippen MR) is 78.6 cm³/mol. The van der Waals surface area contributed by atoms with Crippen LogP contribution in [0.5, 0.6) is 0 Å². The highest BCUT2D eigenvalue weighted by atomic mass is 16.4. The molecule has 0 spiro atoms. The number of carbonyl (C=O) groups is 2. The molecule has 0 aromatic carbocycles. The Morgan fingerprint density at radius 2 is 2.00 bits per heavy atom. The van der Waals surface area contributed by atoms with Gasteiger partial charge in [-0.1, -0.05) is 46.5 Å². The summed E-state index contributed by atoms with van der Waals surface area (Å²) in [5.74, 6) is -0.364. The Kier molecular flexibility index (Phi) is 6.82. The van der Waals surface area contributed by atoms with E-state index in [4.69, 9.17) is 5.11 Å². The van der Waals surface area contributed by atoms with Crippen LogP contribution in [0.2, 0.25) is 0 Å². The minimum Gasteiger partial charge on any atom is -0.480 e. The molecule has 5 heteroatoms. The Labute approximate surface area is 121 Å². The van der Waals surface area contributed by atoms with Crippen molar-refractivity contribution in [1.29, 1.82) is 0 Å². The van der Waals surface area contributed by atoms with Gasteiger partial charge in [0.25, 0.3) is 0 Å². The molecule has 0 bridgehead atoms. The second kappa shape index (κ2) is 8.12. The zero-order valence-corrected chi connectivity index (χ0v) is 12.8. The molecule has 4 unspecified atom stereocenters. The Morgan fingerprint density at radius 1 is 1.30 bits per heavy atom. The second-order valence-electron chi connectivity index (χ2n) is 5.96. The highest BCUT2D eigenvalue weighted by molar-refractivity contribution is 5.82. The fraction of sp³-hybridized carbons (Fsp3) is 0.867. The Morgan fingerprint density at radius 3 is 2.55 bits per heavy atom. The maximum atomic E-state index is 12.0. The van der Waals surface area contributed by atoms with Gasteiger partial charge in [-0.05, 0) is 24.7 Å². The van der Waals surface area contributed by atoms with Crippen molar-refractivity contribution in [2.24, 2.45) is 11.8 Å². The van der Waals surface area contributed by atoms with Gasteiger partial charge in [-0.2, -0.15) is 0 Å². The van der Waals surface area contributed by atoms with Gasteiger partial charge in [-0.3, -0.25) is 0 Å². The Balaban J connectivity index is 2.47. The quantitative estimate of drug-likeness (QED) is 0.701. The average Bonchev–Trinajstić information content (AvgIpc) is 2.43. The summed E-state index contributed by atoms with van der Waals surface area (Å²) in [5, 5.41) is 14.7. The summed E-state index contributed by atoms with van der Waals surface area (Å²) < 4.78 is 0. The summed E-state index contributed by atoms with van der Waals surface area (Å²) in [5.41, 5.74) is 0. The van der Waals surface area contributed by atoms with Crippen molar-refractivity contribution in [3.05, 3.63) is 0 Å².